The SMILES string of the molecule is Cc1ccoc1C(=O)NCCc1nc(C2CC2)no1. The summed E-state index contributed by atoms with van der Waals surface area (Å²) in [6.45, 7) is 2.28. The molecule has 0 atom stereocenters. The van der Waals surface area contributed by atoms with Gasteiger partial charge in [0.25, 0.3) is 5.91 Å². The van der Waals surface area contributed by atoms with Crippen LogP contribution in [0.5, 0.6) is 0 Å². The average molecular weight is 261 g/mol. The van der Waals surface area contributed by atoms with Crippen LogP contribution in [-0.4, -0.2) is 22.6 Å². The highest BCUT2D eigenvalue weighted by molar-refractivity contribution is 5.92. The molecule has 100 valence electrons. The summed E-state index contributed by atoms with van der Waals surface area (Å²) in [5.41, 5.74) is 0.825. The molecule has 1 aliphatic carbocycles. The first kappa shape index (κ1) is 12.0. The molecule has 0 saturated heterocycles. The molecule has 2 aromatic heterocycles. The number of furan rings is 1. The molecule has 6 nitrogen and oxygen atoms in total. The minimum atomic E-state index is -0.218. The molecule has 1 saturated carbocycles. The fourth-order valence-electron chi connectivity index (χ4n) is 1.85. The van der Waals surface area contributed by atoms with E-state index in [0.717, 1.165) is 24.2 Å². The summed E-state index contributed by atoms with van der Waals surface area (Å²) in [7, 11) is 0. The first-order chi connectivity index (χ1) is 9.24. The topological polar surface area (TPSA) is 81.2 Å². The van der Waals surface area contributed by atoms with Crippen LogP contribution in [0.3, 0.4) is 0 Å². The summed E-state index contributed by atoms with van der Waals surface area (Å²) in [6, 6.07) is 1.76. The Labute approximate surface area is 110 Å². The van der Waals surface area contributed by atoms with Crippen molar-refractivity contribution < 1.29 is 13.7 Å². The molecular weight excluding hydrogens is 246 g/mol. The molecule has 0 radical (unpaired) electrons. The predicted molar refractivity (Wildman–Crippen MR) is 65.8 cm³/mol. The van der Waals surface area contributed by atoms with Gasteiger partial charge in [-0.05, 0) is 25.8 Å². The first-order valence-corrected chi connectivity index (χ1v) is 6.39. The quantitative estimate of drug-likeness (QED) is 0.887. The van der Waals surface area contributed by atoms with Crippen molar-refractivity contribution in [2.24, 2.45) is 0 Å². The number of aryl methyl sites for hydroxylation is 1. The van der Waals surface area contributed by atoms with Crippen molar-refractivity contribution in [1.29, 1.82) is 0 Å². The Morgan fingerprint density at radius 3 is 3.05 bits per heavy atom. The molecule has 1 aliphatic rings. The van der Waals surface area contributed by atoms with Crippen molar-refractivity contribution in [2.75, 3.05) is 6.54 Å². The molecular formula is C13H15N3O3. The van der Waals surface area contributed by atoms with Crippen LogP contribution in [-0.2, 0) is 6.42 Å². The second-order valence-corrected chi connectivity index (χ2v) is 4.76. The van der Waals surface area contributed by atoms with Crippen molar-refractivity contribution in [3.8, 4) is 0 Å². The van der Waals surface area contributed by atoms with E-state index in [1.165, 1.54) is 6.26 Å². The van der Waals surface area contributed by atoms with Gasteiger partial charge in [0, 0.05) is 24.4 Å². The van der Waals surface area contributed by atoms with E-state index in [1.54, 1.807) is 6.07 Å². The van der Waals surface area contributed by atoms with E-state index in [9.17, 15) is 4.79 Å². The van der Waals surface area contributed by atoms with E-state index >= 15 is 0 Å². The van der Waals surface area contributed by atoms with Gasteiger partial charge < -0.3 is 14.3 Å². The van der Waals surface area contributed by atoms with Crippen LogP contribution in [0, 0.1) is 6.92 Å². The highest BCUT2D eigenvalue weighted by Crippen LogP contribution is 2.38. The van der Waals surface area contributed by atoms with Gasteiger partial charge >= 0.3 is 0 Å². The van der Waals surface area contributed by atoms with Gasteiger partial charge in [0.1, 0.15) is 0 Å². The highest BCUT2D eigenvalue weighted by Gasteiger charge is 2.28. The van der Waals surface area contributed by atoms with Gasteiger partial charge in [0.2, 0.25) is 5.89 Å². The Bertz CT molecular complexity index is 583. The van der Waals surface area contributed by atoms with Crippen molar-refractivity contribution in [2.45, 2.75) is 32.1 Å². The number of amides is 1. The summed E-state index contributed by atoms with van der Waals surface area (Å²) in [5.74, 6) is 1.98. The molecule has 0 aliphatic heterocycles. The summed E-state index contributed by atoms with van der Waals surface area (Å²) in [5, 5.41) is 6.69. The number of hydrogen-bond acceptors (Lipinski definition) is 5. The number of rotatable bonds is 5. The lowest BCUT2D eigenvalue weighted by molar-refractivity contribution is 0.0925. The fraction of sp³-hybridized carbons (Fsp3) is 0.462. The van der Waals surface area contributed by atoms with Gasteiger partial charge in [-0.15, -0.1) is 0 Å². The van der Waals surface area contributed by atoms with E-state index in [1.807, 2.05) is 6.92 Å². The van der Waals surface area contributed by atoms with E-state index in [4.69, 9.17) is 8.94 Å². The molecule has 0 unspecified atom stereocenters. The number of nitrogens with zero attached hydrogens (tertiary/aromatic N) is 2. The molecule has 0 aromatic carbocycles. The zero-order valence-corrected chi connectivity index (χ0v) is 10.7. The lowest BCUT2D eigenvalue weighted by Crippen LogP contribution is -2.25. The predicted octanol–water partition coefficient (Wildman–Crippen LogP) is 1.82. The molecule has 2 aromatic rings. The van der Waals surface area contributed by atoms with Crippen molar-refractivity contribution >= 4 is 5.91 Å². The Morgan fingerprint density at radius 2 is 2.37 bits per heavy atom. The molecule has 1 amide bonds. The summed E-state index contributed by atoms with van der Waals surface area (Å²) < 4.78 is 10.2. The number of carbonyl (C=O) groups excluding carboxylic acids is 1. The van der Waals surface area contributed by atoms with Gasteiger partial charge in [0.05, 0.1) is 6.26 Å². The van der Waals surface area contributed by atoms with Gasteiger partial charge in [-0.25, -0.2) is 0 Å². The lowest BCUT2D eigenvalue weighted by Gasteiger charge is -2.01. The Morgan fingerprint density at radius 1 is 1.53 bits per heavy atom. The average Bonchev–Trinajstić information content (AvgIpc) is 2.99. The van der Waals surface area contributed by atoms with Crippen LogP contribution in [0.1, 0.15) is 46.6 Å². The normalized spacial score (nSPS) is 14.6. The van der Waals surface area contributed by atoms with Gasteiger partial charge in [-0.3, -0.25) is 4.79 Å². The highest BCUT2D eigenvalue weighted by atomic mass is 16.5. The smallest absolute Gasteiger partial charge is 0.287 e. The number of aromatic nitrogens is 2. The third-order valence-electron chi connectivity index (χ3n) is 3.12. The second kappa shape index (κ2) is 4.87. The summed E-state index contributed by atoms with van der Waals surface area (Å²) in [6.07, 6.45) is 4.33. The zero-order valence-electron chi connectivity index (χ0n) is 10.7. The number of carbonyl (C=O) groups is 1. The Hall–Kier alpha value is -2.11. The van der Waals surface area contributed by atoms with Gasteiger partial charge in [0.15, 0.2) is 11.6 Å². The van der Waals surface area contributed by atoms with E-state index in [0.29, 0.717) is 30.5 Å². The van der Waals surface area contributed by atoms with Crippen LogP contribution >= 0.6 is 0 Å². The van der Waals surface area contributed by atoms with Crippen molar-refractivity contribution in [1.82, 2.24) is 15.5 Å². The largest absolute Gasteiger partial charge is 0.459 e. The third-order valence-corrected chi connectivity index (χ3v) is 3.12. The maximum atomic E-state index is 11.8. The molecule has 0 bridgehead atoms. The van der Waals surface area contributed by atoms with Crippen LogP contribution in [0.25, 0.3) is 0 Å². The van der Waals surface area contributed by atoms with Crippen LogP contribution < -0.4 is 5.32 Å². The maximum absolute atomic E-state index is 11.8. The van der Waals surface area contributed by atoms with Crippen LogP contribution in [0.2, 0.25) is 0 Å². The summed E-state index contributed by atoms with van der Waals surface area (Å²) in [4.78, 5) is 16.1. The van der Waals surface area contributed by atoms with Crippen molar-refractivity contribution in [3.63, 3.8) is 0 Å². The molecule has 1 N–H and O–H groups in total. The minimum absolute atomic E-state index is 0.218. The van der Waals surface area contributed by atoms with E-state index in [-0.39, 0.29) is 5.91 Å². The molecule has 3 rings (SSSR count). The molecule has 0 spiro atoms. The standard InChI is InChI=1S/C13H15N3O3/c1-8-5-7-18-11(8)13(17)14-6-4-10-15-12(16-19-10)9-2-3-9/h5,7,9H,2-4,6H2,1H3,(H,14,17). The molecule has 6 heteroatoms. The van der Waals surface area contributed by atoms with Crippen LogP contribution in [0.15, 0.2) is 21.3 Å². The first-order valence-electron chi connectivity index (χ1n) is 6.39. The van der Waals surface area contributed by atoms with E-state index in [2.05, 4.69) is 15.5 Å². The third kappa shape index (κ3) is 2.67. The Balaban J connectivity index is 1.49. The number of nitrogens with one attached hydrogen (secondary N) is 1. The molecule has 19 heavy (non-hydrogen) atoms. The Kier molecular flexibility index (Phi) is 3.06. The van der Waals surface area contributed by atoms with Gasteiger partial charge in [-0.2, -0.15) is 4.98 Å². The lowest BCUT2D eigenvalue weighted by atomic mass is 10.2. The van der Waals surface area contributed by atoms with E-state index < -0.39 is 0 Å². The van der Waals surface area contributed by atoms with Gasteiger partial charge in [-0.1, -0.05) is 5.16 Å². The summed E-state index contributed by atoms with van der Waals surface area (Å²) >= 11 is 0. The van der Waals surface area contributed by atoms with Crippen LogP contribution in [0.4, 0.5) is 0 Å². The maximum Gasteiger partial charge on any atom is 0.287 e. The monoisotopic (exact) mass is 261 g/mol. The zero-order chi connectivity index (χ0) is 13.2. The second-order valence-electron chi connectivity index (χ2n) is 4.76. The molecule has 1 fully saturated rings. The fourth-order valence-corrected chi connectivity index (χ4v) is 1.85. The van der Waals surface area contributed by atoms with Crippen molar-refractivity contribution in [3.05, 3.63) is 35.4 Å². The number of hydrogen-bond donors (Lipinski definition) is 1. The molecule has 2 heterocycles. The minimum Gasteiger partial charge on any atom is -0.459 e.